The van der Waals surface area contributed by atoms with E-state index in [2.05, 4.69) is 15.1 Å². The first-order valence-electron chi connectivity index (χ1n) is 10.9. The summed E-state index contributed by atoms with van der Waals surface area (Å²) in [6.07, 6.45) is 5.86. The van der Waals surface area contributed by atoms with Crippen LogP contribution in [0, 0.1) is 11.0 Å². The Morgan fingerprint density at radius 1 is 1.27 bits per heavy atom. The van der Waals surface area contributed by atoms with Crippen molar-refractivity contribution in [1.29, 1.82) is 0 Å². The topological polar surface area (TPSA) is 130 Å². The first-order chi connectivity index (χ1) is 15.8. The number of Topliss-reactive ketones (excluding diaryl/α,β-unsaturated/α-hetero) is 1. The maximum absolute atomic E-state index is 13.4. The van der Waals surface area contributed by atoms with E-state index in [0.29, 0.717) is 42.9 Å². The van der Waals surface area contributed by atoms with Crippen molar-refractivity contribution in [2.45, 2.75) is 54.7 Å². The first kappa shape index (κ1) is 22.4. The Labute approximate surface area is 194 Å². The number of nitrogen functional groups attached to an aromatic ring is 1. The summed E-state index contributed by atoms with van der Waals surface area (Å²) in [5.74, 6) is 0.107. The molecule has 0 amide bonds. The Kier molecular flexibility index (Phi) is 5.91. The second kappa shape index (κ2) is 8.73. The summed E-state index contributed by atoms with van der Waals surface area (Å²) in [5, 5.41) is 4.30. The summed E-state index contributed by atoms with van der Waals surface area (Å²) in [5.41, 5.74) is 6.26. The van der Waals surface area contributed by atoms with E-state index in [0.717, 1.165) is 30.4 Å². The zero-order valence-corrected chi connectivity index (χ0v) is 19.4. The number of rotatable bonds is 8. The maximum Gasteiger partial charge on any atom is 0.196 e. The van der Waals surface area contributed by atoms with Crippen LogP contribution < -0.4 is 5.73 Å². The smallest absolute Gasteiger partial charge is 0.196 e. The molecule has 0 bridgehead atoms. The number of halogens is 1. The summed E-state index contributed by atoms with van der Waals surface area (Å²) in [4.78, 5) is 21.8. The van der Waals surface area contributed by atoms with Crippen LogP contribution >= 0.6 is 11.3 Å². The van der Waals surface area contributed by atoms with Crippen LogP contribution in [0.5, 0.6) is 0 Å². The van der Waals surface area contributed by atoms with Crippen molar-refractivity contribution in [3.05, 3.63) is 28.6 Å². The van der Waals surface area contributed by atoms with E-state index in [4.69, 9.17) is 10.5 Å². The van der Waals surface area contributed by atoms with Crippen molar-refractivity contribution < 1.29 is 22.3 Å². The predicted octanol–water partition coefficient (Wildman–Crippen LogP) is 2.71. The lowest BCUT2D eigenvalue weighted by molar-refractivity contribution is -0.122. The van der Waals surface area contributed by atoms with Crippen LogP contribution in [0.4, 0.5) is 10.2 Å². The third-order valence-electron chi connectivity index (χ3n) is 6.23. The molecule has 0 aromatic carbocycles. The molecule has 1 saturated carbocycles. The highest BCUT2D eigenvalue weighted by atomic mass is 32.2. The van der Waals surface area contributed by atoms with Crippen LogP contribution in [-0.4, -0.2) is 52.4 Å². The van der Waals surface area contributed by atoms with E-state index in [9.17, 15) is 17.6 Å². The summed E-state index contributed by atoms with van der Waals surface area (Å²) in [7, 11) is -3.55. The van der Waals surface area contributed by atoms with Gasteiger partial charge in [0.25, 0.3) is 0 Å². The number of anilines is 1. The van der Waals surface area contributed by atoms with Gasteiger partial charge in [0.15, 0.2) is 26.4 Å². The minimum Gasteiger partial charge on any atom is -0.384 e. The molecule has 1 atom stereocenters. The number of carbonyl (C=O) groups is 1. The van der Waals surface area contributed by atoms with Crippen molar-refractivity contribution in [3.63, 3.8) is 0 Å². The van der Waals surface area contributed by atoms with Gasteiger partial charge in [0, 0.05) is 13.2 Å². The van der Waals surface area contributed by atoms with Gasteiger partial charge in [-0.1, -0.05) is 11.3 Å². The molecule has 1 unspecified atom stereocenters. The molecule has 5 rings (SSSR count). The number of carbonyl (C=O) groups excluding carboxylic acids is 1. The first-order valence-corrected chi connectivity index (χ1v) is 13.3. The number of ketones is 1. The molecule has 2 aliphatic rings. The summed E-state index contributed by atoms with van der Waals surface area (Å²) >= 11 is 0.836. The highest BCUT2D eigenvalue weighted by molar-refractivity contribution is 7.92. The number of ether oxygens (including phenoxy) is 1. The van der Waals surface area contributed by atoms with E-state index in [1.54, 1.807) is 0 Å². The molecule has 9 nitrogen and oxygen atoms in total. The van der Waals surface area contributed by atoms with Crippen molar-refractivity contribution in [3.8, 4) is 0 Å². The Morgan fingerprint density at radius 2 is 2.03 bits per heavy atom. The Morgan fingerprint density at radius 3 is 2.70 bits per heavy atom. The van der Waals surface area contributed by atoms with E-state index < -0.39 is 26.3 Å². The molecule has 33 heavy (non-hydrogen) atoms. The van der Waals surface area contributed by atoms with Gasteiger partial charge in [0.05, 0.1) is 34.3 Å². The monoisotopic (exact) mass is 493 g/mol. The van der Waals surface area contributed by atoms with Gasteiger partial charge in [-0.2, -0.15) is 9.49 Å². The van der Waals surface area contributed by atoms with Crippen molar-refractivity contribution in [2.24, 2.45) is 5.92 Å². The van der Waals surface area contributed by atoms with Gasteiger partial charge in [-0.3, -0.25) is 4.79 Å². The molecule has 1 saturated heterocycles. The van der Waals surface area contributed by atoms with Gasteiger partial charge in [-0.15, -0.1) is 0 Å². The molecule has 4 heterocycles. The van der Waals surface area contributed by atoms with Crippen LogP contribution in [0.2, 0.25) is 0 Å². The fourth-order valence-corrected chi connectivity index (χ4v) is 6.83. The second-order valence-electron chi connectivity index (χ2n) is 8.62. The number of nitrogens with zero attached hydrogens (tertiary/aromatic N) is 4. The highest BCUT2D eigenvalue weighted by Crippen LogP contribution is 2.38. The van der Waals surface area contributed by atoms with Crippen molar-refractivity contribution in [2.75, 3.05) is 18.9 Å². The van der Waals surface area contributed by atoms with Crippen LogP contribution in [-0.2, 0) is 25.8 Å². The lowest BCUT2D eigenvalue weighted by Gasteiger charge is -2.26. The number of nitrogens with two attached hydrogens (primary N) is 1. The molecule has 3 aromatic heterocycles. The molecule has 3 aromatic rings. The molecule has 12 heteroatoms. The van der Waals surface area contributed by atoms with Crippen LogP contribution in [0.25, 0.3) is 11.0 Å². The summed E-state index contributed by atoms with van der Waals surface area (Å²) in [6, 6.07) is 0.665. The Balaban J connectivity index is 1.55. The standard InChI is InChI=1S/C21H24FN5O4S2/c22-18-11-24-20(32-18)8-16(28)15(7-12-3-5-31-6-4-12)27-21-14(10-25-27)17(9-19(23)26-21)33(29,30)13-1-2-13/h9-13,15H,1-8H2,(H2,23,26). The number of hydrogen-bond acceptors (Lipinski definition) is 9. The van der Waals surface area contributed by atoms with Gasteiger partial charge in [0.2, 0.25) is 0 Å². The third kappa shape index (κ3) is 4.51. The van der Waals surface area contributed by atoms with Crippen molar-refractivity contribution >= 4 is 43.8 Å². The highest BCUT2D eigenvalue weighted by Gasteiger charge is 2.39. The van der Waals surface area contributed by atoms with Gasteiger partial charge >= 0.3 is 0 Å². The van der Waals surface area contributed by atoms with Gasteiger partial charge < -0.3 is 10.5 Å². The summed E-state index contributed by atoms with van der Waals surface area (Å²) in [6.45, 7) is 1.25. The minimum atomic E-state index is -3.55. The SMILES string of the molecule is Nc1cc(S(=O)(=O)C2CC2)c2cnn(C(CC3CCOCC3)C(=O)Cc3ncc(F)s3)c2n1. The maximum atomic E-state index is 13.4. The minimum absolute atomic E-state index is 0.0423. The largest absolute Gasteiger partial charge is 0.384 e. The lowest BCUT2D eigenvalue weighted by atomic mass is 9.90. The van der Waals surface area contributed by atoms with E-state index in [1.807, 2.05) is 0 Å². The molecule has 176 valence electrons. The average molecular weight is 494 g/mol. The Bertz CT molecular complexity index is 1300. The van der Waals surface area contributed by atoms with Gasteiger partial charge in [0.1, 0.15) is 16.9 Å². The molecule has 1 aliphatic heterocycles. The number of pyridine rings is 1. The Hall–Kier alpha value is -2.44. The molecule has 2 fully saturated rings. The van der Waals surface area contributed by atoms with Crippen molar-refractivity contribution in [1.82, 2.24) is 19.7 Å². The van der Waals surface area contributed by atoms with Gasteiger partial charge in [-0.25, -0.2) is 23.1 Å². The number of fused-ring (bicyclic) bond motifs is 1. The normalized spacial score (nSPS) is 18.6. The third-order valence-corrected chi connectivity index (χ3v) is 9.32. The number of hydrogen-bond donors (Lipinski definition) is 1. The molecular formula is C21H24FN5O4S2. The van der Waals surface area contributed by atoms with Crippen LogP contribution in [0.15, 0.2) is 23.4 Å². The quantitative estimate of drug-likeness (QED) is 0.507. The fraction of sp³-hybridized carbons (Fsp3) is 0.524. The number of thiazole rings is 1. The average Bonchev–Trinajstić information content (AvgIpc) is 3.47. The second-order valence-corrected chi connectivity index (χ2v) is 11.9. The van der Waals surface area contributed by atoms with Crippen LogP contribution in [0.1, 0.15) is 43.2 Å². The molecule has 2 N–H and O–H groups in total. The van der Waals surface area contributed by atoms with E-state index in [-0.39, 0.29) is 34.5 Å². The zero-order chi connectivity index (χ0) is 23.2. The van der Waals surface area contributed by atoms with Crippen LogP contribution in [0.3, 0.4) is 0 Å². The zero-order valence-electron chi connectivity index (χ0n) is 17.8. The summed E-state index contributed by atoms with van der Waals surface area (Å²) < 4.78 is 46.3. The van der Waals surface area contributed by atoms with E-state index >= 15 is 0 Å². The molecule has 1 aliphatic carbocycles. The number of sulfone groups is 1. The molecule has 0 spiro atoms. The fourth-order valence-electron chi connectivity index (χ4n) is 4.33. The number of aromatic nitrogens is 4. The predicted molar refractivity (Wildman–Crippen MR) is 120 cm³/mol. The van der Waals surface area contributed by atoms with Gasteiger partial charge in [-0.05, 0) is 44.1 Å². The van der Waals surface area contributed by atoms with E-state index in [1.165, 1.54) is 16.9 Å². The molecular weight excluding hydrogens is 469 g/mol. The lowest BCUT2D eigenvalue weighted by Crippen LogP contribution is -2.27. The molecule has 0 radical (unpaired) electrons.